The molecular formula is C26H26N4O3. The SMILES string of the molecule is Cc1ccc(C2(C)C(=O)N=C3/C(=C/c4ccc(-n5cnc(C)c5)c(O)c4)OC(C)CN32)cc1. The number of morpholine rings is 1. The lowest BCUT2D eigenvalue weighted by Gasteiger charge is -2.41. The summed E-state index contributed by atoms with van der Waals surface area (Å²) in [7, 11) is 0. The van der Waals surface area contributed by atoms with Gasteiger partial charge in [0.2, 0.25) is 0 Å². The van der Waals surface area contributed by atoms with Crippen LogP contribution in [0.3, 0.4) is 0 Å². The van der Waals surface area contributed by atoms with Crippen LogP contribution in [0.2, 0.25) is 0 Å². The van der Waals surface area contributed by atoms with Gasteiger partial charge in [0.15, 0.2) is 11.6 Å². The molecule has 2 unspecified atom stereocenters. The molecule has 5 rings (SSSR count). The largest absolute Gasteiger partial charge is 0.506 e. The van der Waals surface area contributed by atoms with Gasteiger partial charge in [0.25, 0.3) is 5.91 Å². The van der Waals surface area contributed by atoms with Gasteiger partial charge >= 0.3 is 0 Å². The first-order valence-corrected chi connectivity index (χ1v) is 11.0. The molecule has 2 aliphatic rings. The summed E-state index contributed by atoms with van der Waals surface area (Å²) in [5.41, 5.74) is 3.41. The topological polar surface area (TPSA) is 80.0 Å². The van der Waals surface area contributed by atoms with Crippen LogP contribution in [0.25, 0.3) is 11.8 Å². The van der Waals surface area contributed by atoms with Gasteiger partial charge in [-0.3, -0.25) is 4.79 Å². The lowest BCUT2D eigenvalue weighted by molar-refractivity contribution is -0.126. The number of aromatic hydroxyl groups is 1. The van der Waals surface area contributed by atoms with E-state index < -0.39 is 5.54 Å². The van der Waals surface area contributed by atoms with Crippen LogP contribution in [0.5, 0.6) is 5.75 Å². The van der Waals surface area contributed by atoms with E-state index in [0.29, 0.717) is 23.8 Å². The molecule has 2 atom stereocenters. The average molecular weight is 443 g/mol. The third-order valence-corrected chi connectivity index (χ3v) is 6.31. The Hall–Kier alpha value is -3.87. The molecule has 168 valence electrons. The third-order valence-electron chi connectivity index (χ3n) is 6.31. The number of phenolic OH excluding ortho intramolecular Hbond substituents is 1. The number of nitrogens with zero attached hydrogens (tertiary/aromatic N) is 4. The predicted octanol–water partition coefficient (Wildman–Crippen LogP) is 4.11. The second-order valence-corrected chi connectivity index (χ2v) is 8.90. The maximum Gasteiger partial charge on any atom is 0.278 e. The highest BCUT2D eigenvalue weighted by Crippen LogP contribution is 2.39. The van der Waals surface area contributed by atoms with Gasteiger partial charge in [0, 0.05) is 6.20 Å². The fraction of sp³-hybridized carbons (Fsp3) is 0.269. The molecule has 3 heterocycles. The van der Waals surface area contributed by atoms with Crippen molar-refractivity contribution in [3.8, 4) is 11.4 Å². The number of carbonyl (C=O) groups is 1. The zero-order valence-corrected chi connectivity index (χ0v) is 19.1. The van der Waals surface area contributed by atoms with Crippen molar-refractivity contribution in [2.75, 3.05) is 6.54 Å². The van der Waals surface area contributed by atoms with Crippen LogP contribution in [0.4, 0.5) is 0 Å². The Kier molecular flexibility index (Phi) is 4.85. The number of phenols is 1. The molecule has 7 nitrogen and oxygen atoms in total. The minimum absolute atomic E-state index is 0.122. The number of hydrogen-bond donors (Lipinski definition) is 1. The van der Waals surface area contributed by atoms with E-state index in [9.17, 15) is 9.90 Å². The van der Waals surface area contributed by atoms with Crippen molar-refractivity contribution < 1.29 is 14.6 Å². The van der Waals surface area contributed by atoms with Gasteiger partial charge in [0.1, 0.15) is 17.4 Å². The van der Waals surface area contributed by atoms with Crippen LogP contribution in [0.1, 0.15) is 36.2 Å². The van der Waals surface area contributed by atoms with Crippen LogP contribution in [0, 0.1) is 13.8 Å². The quantitative estimate of drug-likeness (QED) is 0.660. The number of imidazole rings is 1. The van der Waals surface area contributed by atoms with E-state index >= 15 is 0 Å². The van der Waals surface area contributed by atoms with Crippen LogP contribution in [-0.4, -0.2) is 43.9 Å². The number of benzene rings is 2. The molecule has 2 aromatic carbocycles. The predicted molar refractivity (Wildman–Crippen MR) is 126 cm³/mol. The number of aromatic nitrogens is 2. The van der Waals surface area contributed by atoms with Crippen molar-refractivity contribution in [1.82, 2.24) is 14.5 Å². The second kappa shape index (κ2) is 7.62. The molecule has 0 radical (unpaired) electrons. The summed E-state index contributed by atoms with van der Waals surface area (Å²) in [6, 6.07) is 13.4. The van der Waals surface area contributed by atoms with Gasteiger partial charge in [-0.25, -0.2) is 4.98 Å². The highest BCUT2D eigenvalue weighted by Gasteiger charge is 2.51. The summed E-state index contributed by atoms with van der Waals surface area (Å²) in [5, 5.41) is 10.6. The number of rotatable bonds is 3. The minimum Gasteiger partial charge on any atom is -0.506 e. The molecule has 2 aliphatic heterocycles. The average Bonchev–Trinajstić information content (AvgIpc) is 3.31. The van der Waals surface area contributed by atoms with Crippen LogP contribution in [0.15, 0.2) is 65.7 Å². The summed E-state index contributed by atoms with van der Waals surface area (Å²) < 4.78 is 7.87. The maximum absolute atomic E-state index is 13.1. The van der Waals surface area contributed by atoms with Crippen molar-refractivity contribution in [1.29, 1.82) is 0 Å². The second-order valence-electron chi connectivity index (χ2n) is 8.90. The van der Waals surface area contributed by atoms with Gasteiger partial charge in [-0.1, -0.05) is 35.9 Å². The van der Waals surface area contributed by atoms with Crippen molar-refractivity contribution in [2.24, 2.45) is 4.99 Å². The molecule has 0 spiro atoms. The molecule has 0 bridgehead atoms. The number of aliphatic imine (C=N–C) groups is 1. The fourth-order valence-corrected chi connectivity index (χ4v) is 4.42. The van der Waals surface area contributed by atoms with Crippen molar-refractivity contribution >= 4 is 17.8 Å². The zero-order chi connectivity index (χ0) is 23.3. The standard InChI is InChI=1S/C26H26N4O3/c1-16-5-8-20(9-6-16)26(4)25(32)28-24-23(33-18(3)14-30(24)26)12-19-7-10-21(22(31)11-19)29-13-17(2)27-15-29/h5-13,15,18,31H,14H2,1-4H3/b23-12-. The number of hydrogen-bond acceptors (Lipinski definition) is 5. The molecule has 1 aromatic heterocycles. The molecule has 1 saturated heterocycles. The van der Waals surface area contributed by atoms with Crippen LogP contribution < -0.4 is 0 Å². The fourth-order valence-electron chi connectivity index (χ4n) is 4.42. The van der Waals surface area contributed by atoms with Gasteiger partial charge < -0.3 is 19.3 Å². The van der Waals surface area contributed by atoms with E-state index in [1.165, 1.54) is 0 Å². The molecule has 1 N–H and O–H groups in total. The van der Waals surface area contributed by atoms with E-state index in [1.807, 2.05) is 81.3 Å². The molecule has 33 heavy (non-hydrogen) atoms. The zero-order valence-electron chi connectivity index (χ0n) is 19.1. The van der Waals surface area contributed by atoms with Crippen LogP contribution >= 0.6 is 0 Å². The normalized spacial score (nSPS) is 23.5. The summed E-state index contributed by atoms with van der Waals surface area (Å²) in [5.74, 6) is 0.952. The molecule has 1 amide bonds. The van der Waals surface area contributed by atoms with Crippen molar-refractivity contribution in [2.45, 2.75) is 39.3 Å². The van der Waals surface area contributed by atoms with Gasteiger partial charge in [0.05, 0.1) is 24.3 Å². The molecular weight excluding hydrogens is 416 g/mol. The van der Waals surface area contributed by atoms with E-state index in [0.717, 1.165) is 22.4 Å². The summed E-state index contributed by atoms with van der Waals surface area (Å²) in [6.07, 6.45) is 5.20. The molecule has 0 aliphatic carbocycles. The number of aryl methyl sites for hydroxylation is 2. The maximum atomic E-state index is 13.1. The molecule has 7 heteroatoms. The highest BCUT2D eigenvalue weighted by atomic mass is 16.5. The lowest BCUT2D eigenvalue weighted by Crippen LogP contribution is -2.53. The Morgan fingerprint density at radius 1 is 1.18 bits per heavy atom. The first-order chi connectivity index (χ1) is 15.8. The smallest absolute Gasteiger partial charge is 0.278 e. The van der Waals surface area contributed by atoms with Crippen molar-refractivity contribution in [3.05, 3.63) is 83.1 Å². The van der Waals surface area contributed by atoms with Gasteiger partial charge in [-0.15, -0.1) is 0 Å². The van der Waals surface area contributed by atoms with E-state index in [-0.39, 0.29) is 17.8 Å². The van der Waals surface area contributed by atoms with E-state index in [4.69, 9.17) is 4.74 Å². The Bertz CT molecular complexity index is 1310. The van der Waals surface area contributed by atoms with Crippen LogP contribution in [-0.2, 0) is 15.1 Å². The van der Waals surface area contributed by atoms with Crippen molar-refractivity contribution in [3.63, 3.8) is 0 Å². The Morgan fingerprint density at radius 2 is 1.94 bits per heavy atom. The summed E-state index contributed by atoms with van der Waals surface area (Å²) >= 11 is 0. The molecule has 3 aromatic rings. The Labute approximate surface area is 192 Å². The first-order valence-electron chi connectivity index (χ1n) is 11.0. The lowest BCUT2D eigenvalue weighted by atomic mass is 9.89. The highest BCUT2D eigenvalue weighted by molar-refractivity contribution is 6.14. The monoisotopic (exact) mass is 442 g/mol. The number of amidine groups is 1. The van der Waals surface area contributed by atoms with Gasteiger partial charge in [-0.2, -0.15) is 4.99 Å². The number of amides is 1. The Morgan fingerprint density at radius 3 is 2.61 bits per heavy atom. The first kappa shape index (κ1) is 21.0. The molecule has 0 saturated carbocycles. The number of ether oxygens (including phenoxy) is 1. The number of fused-ring (bicyclic) bond motifs is 1. The minimum atomic E-state index is -0.883. The Balaban J connectivity index is 1.51. The van der Waals surface area contributed by atoms with E-state index in [2.05, 4.69) is 9.98 Å². The summed E-state index contributed by atoms with van der Waals surface area (Å²) in [6.45, 7) is 8.37. The van der Waals surface area contributed by atoms with E-state index in [1.54, 1.807) is 17.0 Å². The number of carbonyl (C=O) groups excluding carboxylic acids is 1. The molecule has 1 fully saturated rings. The van der Waals surface area contributed by atoms with Gasteiger partial charge in [-0.05, 0) is 57.0 Å². The summed E-state index contributed by atoms with van der Waals surface area (Å²) in [4.78, 5) is 23.8. The third kappa shape index (κ3) is 3.50.